The molecule has 24 heavy (non-hydrogen) atoms. The smallest absolute Gasteiger partial charge is 0.0851 e. The van der Waals surface area contributed by atoms with Crippen LogP contribution in [0.1, 0.15) is 46.1 Å². The van der Waals surface area contributed by atoms with Gasteiger partial charge in [-0.3, -0.25) is 0 Å². The van der Waals surface area contributed by atoms with Gasteiger partial charge in [-0.2, -0.15) is 5.26 Å². The maximum absolute atomic E-state index is 10.2. The van der Waals surface area contributed by atoms with Crippen LogP contribution < -0.4 is 0 Å². The molecule has 0 aliphatic carbocycles. The van der Waals surface area contributed by atoms with Crippen molar-refractivity contribution in [1.82, 2.24) is 4.90 Å². The third-order valence-electron chi connectivity index (χ3n) is 5.40. The lowest BCUT2D eigenvalue weighted by Gasteiger charge is -2.33. The van der Waals surface area contributed by atoms with E-state index in [-0.39, 0.29) is 5.92 Å². The van der Waals surface area contributed by atoms with Crippen molar-refractivity contribution < 1.29 is 0 Å². The van der Waals surface area contributed by atoms with E-state index in [2.05, 4.69) is 81.1 Å². The molecule has 0 saturated heterocycles. The van der Waals surface area contributed by atoms with Crippen molar-refractivity contribution >= 4 is 10.8 Å². The summed E-state index contributed by atoms with van der Waals surface area (Å²) in [6.07, 6.45) is 1.96. The van der Waals surface area contributed by atoms with E-state index in [0.717, 1.165) is 32.5 Å². The van der Waals surface area contributed by atoms with Crippen molar-refractivity contribution in [1.29, 1.82) is 5.26 Å². The van der Waals surface area contributed by atoms with E-state index in [4.69, 9.17) is 0 Å². The highest BCUT2D eigenvalue weighted by Gasteiger charge is 2.36. The monoisotopic (exact) mass is 322 g/mol. The highest BCUT2D eigenvalue weighted by atomic mass is 15.1. The van der Waals surface area contributed by atoms with Crippen LogP contribution in [-0.4, -0.2) is 24.5 Å². The van der Waals surface area contributed by atoms with E-state index in [1.54, 1.807) is 0 Å². The molecule has 2 nitrogen and oxygen atoms in total. The minimum atomic E-state index is -0.423. The van der Waals surface area contributed by atoms with Crippen molar-refractivity contribution in [2.45, 2.75) is 46.0 Å². The minimum Gasteiger partial charge on any atom is -0.304 e. The van der Waals surface area contributed by atoms with E-state index < -0.39 is 5.41 Å². The van der Waals surface area contributed by atoms with Gasteiger partial charge in [0.25, 0.3) is 0 Å². The summed E-state index contributed by atoms with van der Waals surface area (Å²) in [6.45, 7) is 12.0. The van der Waals surface area contributed by atoms with Gasteiger partial charge in [-0.05, 0) is 54.7 Å². The highest BCUT2D eigenvalue weighted by Crippen LogP contribution is 2.40. The quantitative estimate of drug-likeness (QED) is 0.652. The Hall–Kier alpha value is -1.85. The predicted octanol–water partition coefficient (Wildman–Crippen LogP) is 5.38. The Labute approximate surface area is 147 Å². The van der Waals surface area contributed by atoms with Crippen LogP contribution in [0.3, 0.4) is 0 Å². The molecule has 0 heterocycles. The Balaban J connectivity index is 2.39. The van der Waals surface area contributed by atoms with E-state index in [0.29, 0.717) is 0 Å². The minimum absolute atomic E-state index is 0.282. The molecule has 0 amide bonds. The van der Waals surface area contributed by atoms with Gasteiger partial charge < -0.3 is 4.90 Å². The van der Waals surface area contributed by atoms with Gasteiger partial charge in [0, 0.05) is 0 Å². The Kier molecular flexibility index (Phi) is 6.40. The first kappa shape index (κ1) is 18.5. The largest absolute Gasteiger partial charge is 0.304 e. The van der Waals surface area contributed by atoms with Crippen molar-refractivity contribution in [3.63, 3.8) is 0 Å². The predicted molar refractivity (Wildman–Crippen MR) is 103 cm³/mol. The first-order valence-electron chi connectivity index (χ1n) is 9.20. The second kappa shape index (κ2) is 8.31. The topological polar surface area (TPSA) is 27.0 Å². The van der Waals surface area contributed by atoms with Gasteiger partial charge in [0.1, 0.15) is 0 Å². The van der Waals surface area contributed by atoms with Gasteiger partial charge in [0.05, 0.1) is 11.5 Å². The number of rotatable bonds is 8. The van der Waals surface area contributed by atoms with Gasteiger partial charge in [-0.25, -0.2) is 0 Å². The normalized spacial score (nSPS) is 14.0. The van der Waals surface area contributed by atoms with Crippen molar-refractivity contribution in [2.75, 3.05) is 19.6 Å². The molecule has 0 bridgehead atoms. The summed E-state index contributed by atoms with van der Waals surface area (Å²) in [4.78, 5) is 2.44. The number of hydrogen-bond acceptors (Lipinski definition) is 2. The molecule has 0 radical (unpaired) electrons. The highest BCUT2D eigenvalue weighted by molar-refractivity contribution is 5.87. The second-order valence-corrected chi connectivity index (χ2v) is 6.90. The van der Waals surface area contributed by atoms with Crippen LogP contribution in [0.2, 0.25) is 0 Å². The van der Waals surface area contributed by atoms with Crippen LogP contribution in [-0.2, 0) is 5.41 Å². The zero-order chi connectivity index (χ0) is 17.6. The fraction of sp³-hybridized carbons (Fsp3) is 0.500. The van der Waals surface area contributed by atoms with Gasteiger partial charge >= 0.3 is 0 Å². The molecule has 0 aromatic heterocycles. The van der Waals surface area contributed by atoms with Gasteiger partial charge in [-0.15, -0.1) is 0 Å². The Morgan fingerprint density at radius 3 is 2.33 bits per heavy atom. The molecular formula is C22H30N2. The van der Waals surface area contributed by atoms with E-state index in [1.807, 2.05) is 0 Å². The lowest BCUT2D eigenvalue weighted by molar-refractivity contribution is 0.273. The standard InChI is InChI=1S/C22H30N2/c1-5-24(6-2)16-10-15-22(17-23,18(3)4)21-14-9-12-19-11-7-8-13-20(19)21/h7-9,11-14,18H,5-6,10,15-16H2,1-4H3. The Morgan fingerprint density at radius 1 is 1.04 bits per heavy atom. The van der Waals surface area contributed by atoms with Gasteiger partial charge in [0.15, 0.2) is 0 Å². The summed E-state index contributed by atoms with van der Waals surface area (Å²) in [5.41, 5.74) is 0.770. The number of nitrogens with zero attached hydrogens (tertiary/aromatic N) is 2. The molecule has 2 heteroatoms. The molecule has 2 rings (SSSR count). The molecular weight excluding hydrogens is 292 g/mol. The van der Waals surface area contributed by atoms with Crippen LogP contribution in [0.5, 0.6) is 0 Å². The van der Waals surface area contributed by atoms with Crippen LogP contribution in [0.25, 0.3) is 10.8 Å². The molecule has 0 aliphatic rings. The molecule has 0 fully saturated rings. The average molecular weight is 322 g/mol. The molecule has 128 valence electrons. The first-order valence-corrected chi connectivity index (χ1v) is 9.20. The van der Waals surface area contributed by atoms with Crippen LogP contribution in [0.4, 0.5) is 0 Å². The van der Waals surface area contributed by atoms with Gasteiger partial charge in [-0.1, -0.05) is 70.2 Å². The number of fused-ring (bicyclic) bond motifs is 1. The molecule has 1 unspecified atom stereocenters. The molecule has 1 atom stereocenters. The summed E-state index contributed by atoms with van der Waals surface area (Å²) in [5, 5.41) is 12.6. The van der Waals surface area contributed by atoms with E-state index >= 15 is 0 Å². The molecule has 0 saturated carbocycles. The Morgan fingerprint density at radius 2 is 1.71 bits per heavy atom. The lowest BCUT2D eigenvalue weighted by Crippen LogP contribution is -2.33. The lowest BCUT2D eigenvalue weighted by atomic mass is 9.68. The van der Waals surface area contributed by atoms with E-state index in [9.17, 15) is 5.26 Å². The van der Waals surface area contributed by atoms with Crippen molar-refractivity contribution in [3.05, 3.63) is 48.0 Å². The Bertz CT molecular complexity index is 689. The molecule has 0 N–H and O–H groups in total. The van der Waals surface area contributed by atoms with Gasteiger partial charge in [0.2, 0.25) is 0 Å². The molecule has 2 aromatic carbocycles. The van der Waals surface area contributed by atoms with Crippen molar-refractivity contribution in [2.24, 2.45) is 5.92 Å². The zero-order valence-corrected chi connectivity index (χ0v) is 15.5. The second-order valence-electron chi connectivity index (χ2n) is 6.90. The third-order valence-corrected chi connectivity index (χ3v) is 5.40. The number of hydrogen-bond donors (Lipinski definition) is 0. The molecule has 0 spiro atoms. The van der Waals surface area contributed by atoms with Crippen molar-refractivity contribution in [3.8, 4) is 6.07 Å². The van der Waals surface area contributed by atoms with Crippen LogP contribution in [0.15, 0.2) is 42.5 Å². The molecule has 2 aromatic rings. The fourth-order valence-electron chi connectivity index (χ4n) is 3.72. The SMILES string of the molecule is CCN(CC)CCCC(C#N)(c1cccc2ccccc12)C(C)C. The number of benzene rings is 2. The summed E-state index contributed by atoms with van der Waals surface area (Å²) in [7, 11) is 0. The summed E-state index contributed by atoms with van der Waals surface area (Å²) >= 11 is 0. The number of nitriles is 1. The summed E-state index contributed by atoms with van der Waals surface area (Å²) in [5.74, 6) is 0.282. The summed E-state index contributed by atoms with van der Waals surface area (Å²) in [6, 6.07) is 17.5. The zero-order valence-electron chi connectivity index (χ0n) is 15.5. The maximum atomic E-state index is 10.2. The third kappa shape index (κ3) is 3.62. The maximum Gasteiger partial charge on any atom is 0.0851 e. The van der Waals surface area contributed by atoms with Crippen LogP contribution in [0, 0.1) is 17.2 Å². The fourth-order valence-corrected chi connectivity index (χ4v) is 3.72. The molecule has 0 aliphatic heterocycles. The van der Waals surface area contributed by atoms with E-state index in [1.165, 1.54) is 16.3 Å². The van der Waals surface area contributed by atoms with Crippen LogP contribution >= 0.6 is 0 Å². The first-order chi connectivity index (χ1) is 11.6. The summed E-state index contributed by atoms with van der Waals surface area (Å²) < 4.78 is 0. The average Bonchev–Trinajstić information content (AvgIpc) is 2.62.